The van der Waals surface area contributed by atoms with Gasteiger partial charge in [0.05, 0.1) is 6.20 Å². The van der Waals surface area contributed by atoms with Crippen LogP contribution in [0.25, 0.3) is 22.2 Å². The average molecular weight is 534 g/mol. The van der Waals surface area contributed by atoms with Gasteiger partial charge in [0.2, 0.25) is 11.9 Å². The molecular formula is C28H32ClN7O2. The summed E-state index contributed by atoms with van der Waals surface area (Å²) in [7, 11) is 1.90. The van der Waals surface area contributed by atoms with Crippen molar-refractivity contribution in [3.05, 3.63) is 64.3 Å². The van der Waals surface area contributed by atoms with E-state index < -0.39 is 0 Å². The Balaban J connectivity index is 1.28. The fourth-order valence-electron chi connectivity index (χ4n) is 5.33. The summed E-state index contributed by atoms with van der Waals surface area (Å²) in [5, 5.41) is 8.58. The van der Waals surface area contributed by atoms with Gasteiger partial charge in [0, 0.05) is 61.1 Å². The van der Waals surface area contributed by atoms with Crippen molar-refractivity contribution in [1.82, 2.24) is 24.3 Å². The van der Waals surface area contributed by atoms with Crippen LogP contribution in [0.3, 0.4) is 0 Å². The highest BCUT2D eigenvalue weighted by Gasteiger charge is 2.29. The maximum absolute atomic E-state index is 12.7. The summed E-state index contributed by atoms with van der Waals surface area (Å²) in [4.78, 5) is 36.3. The third-order valence-corrected chi connectivity index (χ3v) is 7.43. The van der Waals surface area contributed by atoms with Crippen LogP contribution >= 0.6 is 11.6 Å². The van der Waals surface area contributed by atoms with Crippen LogP contribution < -0.4 is 15.8 Å². The van der Waals surface area contributed by atoms with Crippen LogP contribution in [0.4, 0.5) is 11.6 Å². The van der Waals surface area contributed by atoms with Gasteiger partial charge in [-0.15, -0.1) is 0 Å². The Morgan fingerprint density at radius 1 is 1.11 bits per heavy atom. The van der Waals surface area contributed by atoms with Crippen LogP contribution in [0.2, 0.25) is 5.02 Å². The molecule has 1 aromatic carbocycles. The molecule has 38 heavy (non-hydrogen) atoms. The minimum Gasteiger partial charge on any atom is -0.351 e. The molecule has 0 saturated heterocycles. The highest BCUT2D eigenvalue weighted by atomic mass is 35.5. The Labute approximate surface area is 226 Å². The minimum absolute atomic E-state index is 0.0405. The summed E-state index contributed by atoms with van der Waals surface area (Å²) < 4.78 is 3.38. The summed E-state index contributed by atoms with van der Waals surface area (Å²) >= 11 is 6.14. The highest BCUT2D eigenvalue weighted by Crippen LogP contribution is 2.31. The van der Waals surface area contributed by atoms with Gasteiger partial charge in [-0.3, -0.25) is 18.8 Å². The van der Waals surface area contributed by atoms with Gasteiger partial charge in [-0.1, -0.05) is 23.7 Å². The van der Waals surface area contributed by atoms with Gasteiger partial charge >= 0.3 is 0 Å². The van der Waals surface area contributed by atoms with Gasteiger partial charge in [0.15, 0.2) is 0 Å². The molecule has 1 aliphatic carbocycles. The zero-order chi connectivity index (χ0) is 27.0. The van der Waals surface area contributed by atoms with E-state index in [1.165, 1.54) is 0 Å². The van der Waals surface area contributed by atoms with Crippen LogP contribution in [0.15, 0.2) is 53.7 Å². The van der Waals surface area contributed by atoms with E-state index in [0.717, 1.165) is 47.9 Å². The molecule has 0 radical (unpaired) electrons. The van der Waals surface area contributed by atoms with E-state index in [2.05, 4.69) is 20.4 Å². The maximum atomic E-state index is 12.7. The number of amides is 1. The van der Waals surface area contributed by atoms with Crippen LogP contribution in [-0.4, -0.2) is 42.3 Å². The van der Waals surface area contributed by atoms with E-state index in [4.69, 9.17) is 11.6 Å². The molecule has 1 aliphatic rings. The van der Waals surface area contributed by atoms with Crippen molar-refractivity contribution in [1.29, 1.82) is 0 Å². The van der Waals surface area contributed by atoms with Crippen LogP contribution in [0.5, 0.6) is 0 Å². The van der Waals surface area contributed by atoms with Crippen molar-refractivity contribution in [3.8, 4) is 11.1 Å². The number of halogens is 1. The highest BCUT2D eigenvalue weighted by molar-refractivity contribution is 6.31. The zero-order valence-electron chi connectivity index (χ0n) is 22.1. The molecule has 0 aliphatic heterocycles. The Morgan fingerprint density at radius 2 is 1.82 bits per heavy atom. The van der Waals surface area contributed by atoms with E-state index in [0.29, 0.717) is 11.6 Å². The third-order valence-electron chi connectivity index (χ3n) is 7.16. The fourth-order valence-corrected chi connectivity index (χ4v) is 5.54. The number of rotatable bonds is 6. The summed E-state index contributed by atoms with van der Waals surface area (Å²) in [6, 6.07) is 9.93. The van der Waals surface area contributed by atoms with Crippen molar-refractivity contribution < 1.29 is 4.79 Å². The van der Waals surface area contributed by atoms with E-state index in [1.807, 2.05) is 62.5 Å². The molecule has 198 valence electrons. The SMILES string of the molecule is CC(=O)N(c1ccc(-c2cnn(C)c2)cc1)C1CCC(Nc2ncc3cc(Cl)c(=O)n(C(C)C)c3n2)CC1. The van der Waals surface area contributed by atoms with Crippen molar-refractivity contribution in [2.75, 3.05) is 10.2 Å². The van der Waals surface area contributed by atoms with E-state index in [-0.39, 0.29) is 34.6 Å². The number of carbonyl (C=O) groups excluding carboxylic acids is 1. The predicted molar refractivity (Wildman–Crippen MR) is 151 cm³/mol. The molecular weight excluding hydrogens is 502 g/mol. The number of hydrogen-bond acceptors (Lipinski definition) is 6. The van der Waals surface area contributed by atoms with E-state index in [9.17, 15) is 9.59 Å². The lowest BCUT2D eigenvalue weighted by molar-refractivity contribution is -0.117. The van der Waals surface area contributed by atoms with Crippen molar-refractivity contribution in [3.63, 3.8) is 0 Å². The molecule has 0 spiro atoms. The molecule has 5 rings (SSSR count). The molecule has 1 amide bonds. The normalized spacial score (nSPS) is 17.6. The number of fused-ring (bicyclic) bond motifs is 1. The fraction of sp³-hybridized carbons (Fsp3) is 0.393. The standard InChI is InChI=1S/C28H32ClN7O2/c1-17(2)35-26-20(13-25(29)27(35)38)14-30-28(33-26)32-22-7-11-24(12-8-22)36(18(3)37)23-9-5-19(6-10-23)21-15-31-34(4)16-21/h5-6,9-10,13-17,22,24H,7-8,11-12H2,1-4H3,(H,30,32,33). The van der Waals surface area contributed by atoms with Crippen molar-refractivity contribution in [2.24, 2.45) is 7.05 Å². The van der Waals surface area contributed by atoms with Gasteiger partial charge in [-0.25, -0.2) is 4.98 Å². The molecule has 1 fully saturated rings. The van der Waals surface area contributed by atoms with Crippen molar-refractivity contribution in [2.45, 2.75) is 64.6 Å². The second-order valence-corrected chi connectivity index (χ2v) is 10.6. The first kappa shape index (κ1) is 25.9. The Morgan fingerprint density at radius 3 is 2.42 bits per heavy atom. The molecule has 9 nitrogen and oxygen atoms in total. The summed E-state index contributed by atoms with van der Waals surface area (Å²) in [6.45, 7) is 5.49. The molecule has 1 saturated carbocycles. The lowest BCUT2D eigenvalue weighted by atomic mass is 9.89. The lowest BCUT2D eigenvalue weighted by Crippen LogP contribution is -2.43. The first-order valence-electron chi connectivity index (χ1n) is 12.9. The zero-order valence-corrected chi connectivity index (χ0v) is 22.8. The average Bonchev–Trinajstić information content (AvgIpc) is 3.32. The smallest absolute Gasteiger partial charge is 0.271 e. The van der Waals surface area contributed by atoms with Gasteiger partial charge in [0.25, 0.3) is 5.56 Å². The second-order valence-electron chi connectivity index (χ2n) is 10.2. The van der Waals surface area contributed by atoms with Gasteiger partial charge in [-0.05, 0) is 63.3 Å². The first-order valence-corrected chi connectivity index (χ1v) is 13.3. The molecule has 4 aromatic rings. The van der Waals surface area contributed by atoms with Gasteiger partial charge < -0.3 is 10.2 Å². The summed E-state index contributed by atoms with van der Waals surface area (Å²) in [5.74, 6) is 0.533. The van der Waals surface area contributed by atoms with E-state index >= 15 is 0 Å². The number of aryl methyl sites for hydroxylation is 1. The molecule has 0 unspecified atom stereocenters. The topological polar surface area (TPSA) is 97.9 Å². The quantitative estimate of drug-likeness (QED) is 0.365. The predicted octanol–water partition coefficient (Wildman–Crippen LogP) is 5.20. The summed E-state index contributed by atoms with van der Waals surface area (Å²) in [6.07, 6.45) is 8.99. The Hall–Kier alpha value is -3.72. The Bertz CT molecular complexity index is 1520. The minimum atomic E-state index is -0.253. The van der Waals surface area contributed by atoms with Crippen molar-refractivity contribution >= 4 is 40.2 Å². The van der Waals surface area contributed by atoms with E-state index in [1.54, 1.807) is 28.4 Å². The molecule has 10 heteroatoms. The number of aromatic nitrogens is 5. The van der Waals surface area contributed by atoms with Gasteiger partial charge in [-0.2, -0.15) is 10.1 Å². The largest absolute Gasteiger partial charge is 0.351 e. The van der Waals surface area contributed by atoms with Crippen LogP contribution in [-0.2, 0) is 11.8 Å². The number of anilines is 2. The first-order chi connectivity index (χ1) is 18.2. The lowest BCUT2D eigenvalue weighted by Gasteiger charge is -2.36. The number of pyridine rings is 1. The molecule has 0 atom stereocenters. The summed E-state index contributed by atoms with van der Waals surface area (Å²) in [5.41, 5.74) is 3.34. The molecule has 1 N–H and O–H groups in total. The Kier molecular flexibility index (Phi) is 7.21. The van der Waals surface area contributed by atoms with Crippen LogP contribution in [0, 0.1) is 0 Å². The van der Waals surface area contributed by atoms with Crippen LogP contribution in [0.1, 0.15) is 52.5 Å². The molecule has 3 aromatic heterocycles. The maximum Gasteiger partial charge on any atom is 0.271 e. The number of nitrogens with zero attached hydrogens (tertiary/aromatic N) is 6. The number of hydrogen-bond donors (Lipinski definition) is 1. The molecule has 0 bridgehead atoms. The third kappa shape index (κ3) is 5.15. The number of carbonyl (C=O) groups is 1. The molecule has 3 heterocycles. The second kappa shape index (κ2) is 10.6. The monoisotopic (exact) mass is 533 g/mol. The number of nitrogens with one attached hydrogen (secondary N) is 1. The number of benzene rings is 1. The van der Waals surface area contributed by atoms with Gasteiger partial charge in [0.1, 0.15) is 10.7 Å².